The number of nitrogens with zero attached hydrogens (tertiary/aromatic N) is 1. The van der Waals surface area contributed by atoms with Crippen LogP contribution in [0.25, 0.3) is 10.9 Å². The number of hydrogen-bond donors (Lipinski definition) is 1. The lowest BCUT2D eigenvalue weighted by molar-refractivity contribution is -0.135. The fourth-order valence-electron chi connectivity index (χ4n) is 5.43. The van der Waals surface area contributed by atoms with Gasteiger partial charge in [-0.25, -0.2) is 4.39 Å². The lowest BCUT2D eigenvalue weighted by atomic mass is 9.73. The molecule has 0 aliphatic heterocycles. The molecule has 1 N–H and O–H groups in total. The smallest absolute Gasteiger partial charge is 0.388 e. The van der Waals surface area contributed by atoms with E-state index in [4.69, 9.17) is 0 Å². The summed E-state index contributed by atoms with van der Waals surface area (Å²) in [4.78, 5) is 12.4. The normalized spacial score (nSPS) is 14.1. The van der Waals surface area contributed by atoms with Crippen LogP contribution >= 0.6 is 0 Å². The summed E-state index contributed by atoms with van der Waals surface area (Å²) in [5.41, 5.74) is 0.0955. The van der Waals surface area contributed by atoms with Crippen molar-refractivity contribution in [2.75, 3.05) is 0 Å². The first kappa shape index (κ1) is 29.9. The van der Waals surface area contributed by atoms with E-state index in [0.717, 1.165) is 43.2 Å². The lowest BCUT2D eigenvalue weighted by Gasteiger charge is -2.38. The molecule has 1 heterocycles. The van der Waals surface area contributed by atoms with Gasteiger partial charge in [0.05, 0.1) is 17.7 Å². The highest BCUT2D eigenvalue weighted by molar-refractivity contribution is 5.78. The molecule has 0 aliphatic rings. The Hall–Kier alpha value is -2.67. The Bertz CT molecular complexity index is 1220. The zero-order chi connectivity index (χ0) is 27.8. The molecule has 1 atom stereocenters. The molecule has 1 unspecified atom stereocenters. The molecule has 2 aromatic carbocycles. The van der Waals surface area contributed by atoms with Gasteiger partial charge in [0, 0.05) is 24.1 Å². The molecular weight excluding hydrogens is 494 g/mol. The van der Waals surface area contributed by atoms with Crippen molar-refractivity contribution in [1.82, 2.24) is 4.57 Å². The predicted molar refractivity (Wildman–Crippen MR) is 145 cm³/mol. The van der Waals surface area contributed by atoms with E-state index in [0.29, 0.717) is 31.2 Å². The maximum absolute atomic E-state index is 13.5. The monoisotopic (exact) mass is 533 g/mol. The predicted octanol–water partition coefficient (Wildman–Crippen LogP) is 8.31. The van der Waals surface area contributed by atoms with Gasteiger partial charge in [0.2, 0.25) is 0 Å². The lowest BCUT2D eigenvalue weighted by Crippen LogP contribution is -2.40. The number of unbranched alkanes of at least 4 members (excludes halogenated alkanes) is 6. The molecule has 0 radical (unpaired) electrons. The summed E-state index contributed by atoms with van der Waals surface area (Å²) in [7, 11) is 0. The summed E-state index contributed by atoms with van der Waals surface area (Å²) in [5, 5.41) is 12.6. The van der Waals surface area contributed by atoms with Gasteiger partial charge in [-0.15, -0.1) is 0 Å². The number of alkyl halides is 3. The van der Waals surface area contributed by atoms with Crippen LogP contribution in [0.1, 0.15) is 83.6 Å². The average Bonchev–Trinajstić information content (AvgIpc) is 2.84. The Morgan fingerprint density at radius 2 is 1.37 bits per heavy atom. The van der Waals surface area contributed by atoms with Gasteiger partial charge in [0.25, 0.3) is 0 Å². The minimum Gasteiger partial charge on any atom is -0.388 e. The first-order valence-corrected chi connectivity index (χ1v) is 13.5. The molecule has 38 heavy (non-hydrogen) atoms. The second-order valence-corrected chi connectivity index (χ2v) is 11.2. The maximum Gasteiger partial charge on any atom is 0.389 e. The Balaban J connectivity index is 1.68. The summed E-state index contributed by atoms with van der Waals surface area (Å²) < 4.78 is 52.3. The van der Waals surface area contributed by atoms with Crippen LogP contribution in [-0.2, 0) is 12.0 Å². The van der Waals surface area contributed by atoms with Crippen molar-refractivity contribution >= 4 is 10.9 Å². The second kappa shape index (κ2) is 12.9. The molecule has 0 saturated carbocycles. The standard InChI is InChI=1S/C31H39F4NO2/c1-29(2,24-14-16-25(32)17-15-24)22-30(38,19-10-6-4-3-5-7-11-20-31(33,34)35)23-36-21-18-28(37)26-12-8-9-13-27(26)36/h8-9,12-18,21,38H,3-7,10-11,19-20,22-23H2,1-2H3. The number of benzene rings is 2. The van der Waals surface area contributed by atoms with Gasteiger partial charge in [-0.05, 0) is 54.5 Å². The van der Waals surface area contributed by atoms with Crippen LogP contribution < -0.4 is 5.43 Å². The van der Waals surface area contributed by atoms with E-state index < -0.39 is 23.6 Å². The molecule has 208 valence electrons. The quantitative estimate of drug-likeness (QED) is 0.167. The van der Waals surface area contributed by atoms with E-state index in [1.807, 2.05) is 36.6 Å². The van der Waals surface area contributed by atoms with Crippen LogP contribution in [0, 0.1) is 5.82 Å². The Kier molecular flexibility index (Phi) is 10.2. The van der Waals surface area contributed by atoms with Gasteiger partial charge in [-0.2, -0.15) is 13.2 Å². The third-order valence-electron chi connectivity index (χ3n) is 7.35. The first-order valence-electron chi connectivity index (χ1n) is 13.5. The minimum atomic E-state index is -4.08. The molecular formula is C31H39F4NO2. The summed E-state index contributed by atoms with van der Waals surface area (Å²) in [5.74, 6) is -0.307. The van der Waals surface area contributed by atoms with Crippen molar-refractivity contribution in [3.8, 4) is 0 Å². The molecule has 1 aromatic heterocycles. The summed E-state index contributed by atoms with van der Waals surface area (Å²) in [6.45, 7) is 4.38. The topological polar surface area (TPSA) is 42.2 Å². The van der Waals surface area contributed by atoms with Crippen LogP contribution in [0.4, 0.5) is 17.6 Å². The molecule has 0 bridgehead atoms. The number of aliphatic hydroxyl groups is 1. The Morgan fingerprint density at radius 3 is 2.00 bits per heavy atom. The second-order valence-electron chi connectivity index (χ2n) is 11.2. The van der Waals surface area contributed by atoms with Crippen LogP contribution in [0.3, 0.4) is 0 Å². The van der Waals surface area contributed by atoms with Crippen molar-refractivity contribution in [2.45, 2.75) is 102 Å². The largest absolute Gasteiger partial charge is 0.389 e. The minimum absolute atomic E-state index is 0.0673. The van der Waals surface area contributed by atoms with Gasteiger partial charge in [0.15, 0.2) is 5.43 Å². The fourth-order valence-corrected chi connectivity index (χ4v) is 5.43. The van der Waals surface area contributed by atoms with Crippen molar-refractivity contribution in [1.29, 1.82) is 0 Å². The van der Waals surface area contributed by atoms with E-state index in [2.05, 4.69) is 0 Å². The highest BCUT2D eigenvalue weighted by Gasteiger charge is 2.36. The average molecular weight is 534 g/mol. The number of pyridine rings is 1. The maximum atomic E-state index is 13.5. The van der Waals surface area contributed by atoms with Crippen LogP contribution in [-0.4, -0.2) is 21.5 Å². The molecule has 0 aliphatic carbocycles. The van der Waals surface area contributed by atoms with Crippen LogP contribution in [0.15, 0.2) is 65.6 Å². The van der Waals surface area contributed by atoms with E-state index >= 15 is 0 Å². The van der Waals surface area contributed by atoms with E-state index in [1.165, 1.54) is 18.2 Å². The number of fused-ring (bicyclic) bond motifs is 1. The van der Waals surface area contributed by atoms with Gasteiger partial charge in [0.1, 0.15) is 5.82 Å². The van der Waals surface area contributed by atoms with Gasteiger partial charge in [-0.1, -0.05) is 76.6 Å². The van der Waals surface area contributed by atoms with Gasteiger partial charge in [-0.3, -0.25) is 4.79 Å². The molecule has 0 spiro atoms. The highest BCUT2D eigenvalue weighted by atomic mass is 19.4. The van der Waals surface area contributed by atoms with Crippen molar-refractivity contribution < 1.29 is 22.7 Å². The zero-order valence-corrected chi connectivity index (χ0v) is 22.4. The van der Waals surface area contributed by atoms with Crippen molar-refractivity contribution in [2.24, 2.45) is 0 Å². The highest BCUT2D eigenvalue weighted by Crippen LogP contribution is 2.36. The first-order chi connectivity index (χ1) is 17.9. The third kappa shape index (κ3) is 8.97. The van der Waals surface area contributed by atoms with Gasteiger partial charge < -0.3 is 9.67 Å². The van der Waals surface area contributed by atoms with E-state index in [1.54, 1.807) is 24.4 Å². The van der Waals surface area contributed by atoms with Crippen molar-refractivity contribution in [3.05, 3.63) is 82.4 Å². The fraction of sp³-hybridized carbons (Fsp3) is 0.516. The summed E-state index contributed by atoms with van der Waals surface area (Å²) >= 11 is 0. The Morgan fingerprint density at radius 1 is 0.789 bits per heavy atom. The van der Waals surface area contributed by atoms with Crippen LogP contribution in [0.5, 0.6) is 0 Å². The van der Waals surface area contributed by atoms with Gasteiger partial charge >= 0.3 is 6.18 Å². The Labute approximate surface area is 222 Å². The number of rotatable bonds is 14. The number of hydrogen-bond acceptors (Lipinski definition) is 2. The molecule has 0 saturated heterocycles. The molecule has 3 rings (SSSR count). The SMILES string of the molecule is CC(C)(CC(O)(CCCCCCCCCC(F)(F)F)Cn1ccc(=O)c2ccccc21)c1ccc(F)cc1. The molecule has 7 heteroatoms. The third-order valence-corrected chi connectivity index (χ3v) is 7.35. The van der Waals surface area contributed by atoms with Crippen molar-refractivity contribution in [3.63, 3.8) is 0 Å². The molecule has 0 amide bonds. The zero-order valence-electron chi connectivity index (χ0n) is 22.4. The molecule has 3 aromatic rings. The number of aromatic nitrogens is 1. The number of halogens is 4. The van der Waals surface area contributed by atoms with E-state index in [-0.39, 0.29) is 17.7 Å². The summed E-state index contributed by atoms with van der Waals surface area (Å²) in [6.07, 6.45) is 2.86. The van der Waals surface area contributed by atoms with E-state index in [9.17, 15) is 27.5 Å². The number of para-hydroxylation sites is 1. The molecule has 0 fully saturated rings. The molecule has 3 nitrogen and oxygen atoms in total. The summed E-state index contributed by atoms with van der Waals surface area (Å²) in [6, 6.07) is 15.2. The van der Waals surface area contributed by atoms with Crippen LogP contribution in [0.2, 0.25) is 0 Å².